The van der Waals surface area contributed by atoms with E-state index in [4.69, 9.17) is 0 Å². The summed E-state index contributed by atoms with van der Waals surface area (Å²) < 4.78 is 18.9. The summed E-state index contributed by atoms with van der Waals surface area (Å²) in [6.07, 6.45) is 2.52. The molecule has 9 heteroatoms. The van der Waals surface area contributed by atoms with Gasteiger partial charge in [-0.05, 0) is 61.1 Å². The molecule has 0 aliphatic carbocycles. The first kappa shape index (κ1) is 20.6. The lowest BCUT2D eigenvalue weighted by Crippen LogP contribution is -2.44. The van der Waals surface area contributed by atoms with Crippen molar-refractivity contribution in [3.63, 3.8) is 0 Å². The van der Waals surface area contributed by atoms with E-state index in [1.54, 1.807) is 12.1 Å². The molecule has 30 heavy (non-hydrogen) atoms. The molecule has 158 valence electrons. The van der Waals surface area contributed by atoms with Crippen LogP contribution < -0.4 is 5.32 Å². The van der Waals surface area contributed by atoms with Gasteiger partial charge in [0.2, 0.25) is 0 Å². The number of amides is 1. The van der Waals surface area contributed by atoms with E-state index < -0.39 is 0 Å². The molecule has 4 rings (SSSR count). The Morgan fingerprint density at radius 1 is 1.27 bits per heavy atom. The number of piperidine rings is 1. The van der Waals surface area contributed by atoms with Crippen molar-refractivity contribution in [3.05, 3.63) is 52.4 Å². The van der Waals surface area contributed by atoms with E-state index in [2.05, 4.69) is 31.0 Å². The number of hydrogen-bond donors (Lipinski definition) is 1. The molecule has 1 aromatic carbocycles. The van der Waals surface area contributed by atoms with E-state index in [9.17, 15) is 9.18 Å². The van der Waals surface area contributed by atoms with Crippen LogP contribution in [0.15, 0.2) is 30.3 Å². The molecule has 7 nitrogen and oxygen atoms in total. The average Bonchev–Trinajstić information content (AvgIpc) is 3.37. The summed E-state index contributed by atoms with van der Waals surface area (Å²) in [5, 5.41) is 11.7. The highest BCUT2D eigenvalue weighted by Crippen LogP contribution is 2.21. The largest absolute Gasteiger partial charge is 0.348 e. The molecule has 1 fully saturated rings. The van der Waals surface area contributed by atoms with Crippen LogP contribution in [0.3, 0.4) is 0 Å². The van der Waals surface area contributed by atoms with Gasteiger partial charge in [0.25, 0.3) is 5.91 Å². The van der Waals surface area contributed by atoms with E-state index >= 15 is 0 Å². The third-order valence-electron chi connectivity index (χ3n) is 5.52. The van der Waals surface area contributed by atoms with Gasteiger partial charge in [0, 0.05) is 38.3 Å². The quantitative estimate of drug-likeness (QED) is 0.653. The van der Waals surface area contributed by atoms with Crippen molar-refractivity contribution < 1.29 is 9.18 Å². The van der Waals surface area contributed by atoms with Gasteiger partial charge >= 0.3 is 0 Å². The van der Waals surface area contributed by atoms with Crippen molar-refractivity contribution in [1.29, 1.82) is 0 Å². The fourth-order valence-electron chi connectivity index (χ4n) is 3.74. The van der Waals surface area contributed by atoms with Gasteiger partial charge in [-0.3, -0.25) is 14.4 Å². The molecule has 0 saturated carbocycles. The molecule has 3 heterocycles. The molecule has 0 spiro atoms. The molecule has 0 radical (unpaired) electrons. The first-order chi connectivity index (χ1) is 14.5. The van der Waals surface area contributed by atoms with Crippen LogP contribution in [0.4, 0.5) is 4.39 Å². The molecular formula is C21H25FN6OS. The molecular weight excluding hydrogens is 403 g/mol. The monoisotopic (exact) mass is 428 g/mol. The Kier molecular flexibility index (Phi) is 6.19. The number of carbonyl (C=O) groups is 1. The molecule has 3 aromatic rings. The fraction of sp³-hybridized carbons (Fsp3) is 0.429. The van der Waals surface area contributed by atoms with Crippen LogP contribution >= 0.6 is 11.5 Å². The number of nitrogens with one attached hydrogen (secondary N) is 1. The van der Waals surface area contributed by atoms with Crippen molar-refractivity contribution in [2.75, 3.05) is 13.1 Å². The lowest BCUT2D eigenvalue weighted by molar-refractivity contribution is 0.0911. The summed E-state index contributed by atoms with van der Waals surface area (Å²) in [5.74, 6) is -0.307. The summed E-state index contributed by atoms with van der Waals surface area (Å²) in [4.78, 5) is 15.5. The van der Waals surface area contributed by atoms with E-state index in [1.165, 1.54) is 12.1 Å². The minimum atomic E-state index is -0.248. The third-order valence-corrected chi connectivity index (χ3v) is 6.29. The summed E-state index contributed by atoms with van der Waals surface area (Å²) in [5.41, 5.74) is 3.63. The van der Waals surface area contributed by atoms with Crippen molar-refractivity contribution in [3.8, 4) is 11.3 Å². The van der Waals surface area contributed by atoms with E-state index in [-0.39, 0.29) is 17.8 Å². The van der Waals surface area contributed by atoms with E-state index in [1.807, 2.05) is 18.7 Å². The molecule has 1 N–H and O–H groups in total. The summed E-state index contributed by atoms with van der Waals surface area (Å²) in [7, 11) is 1.93. The number of aryl methyl sites for hydroxylation is 2. The van der Waals surface area contributed by atoms with Gasteiger partial charge in [0.05, 0.1) is 17.1 Å². The minimum Gasteiger partial charge on any atom is -0.348 e. The third kappa shape index (κ3) is 4.57. The number of nitrogens with zero attached hydrogens (tertiary/aromatic N) is 5. The predicted octanol–water partition coefficient (Wildman–Crippen LogP) is 3.03. The topological polar surface area (TPSA) is 75.9 Å². The van der Waals surface area contributed by atoms with Gasteiger partial charge in [0.15, 0.2) is 0 Å². The number of hydrogen-bond acceptors (Lipinski definition) is 6. The number of carbonyl (C=O) groups excluding carboxylic acids is 1. The van der Waals surface area contributed by atoms with Gasteiger partial charge in [0.1, 0.15) is 10.7 Å². The number of rotatable bonds is 6. The molecule has 2 aromatic heterocycles. The second kappa shape index (κ2) is 9.01. The lowest BCUT2D eigenvalue weighted by atomic mass is 10.0. The maximum absolute atomic E-state index is 13.2. The zero-order chi connectivity index (χ0) is 21.1. The van der Waals surface area contributed by atoms with Gasteiger partial charge in [-0.2, -0.15) is 5.10 Å². The molecule has 0 bridgehead atoms. The number of benzene rings is 1. The van der Waals surface area contributed by atoms with Crippen molar-refractivity contribution in [2.24, 2.45) is 7.05 Å². The maximum atomic E-state index is 13.2. The summed E-state index contributed by atoms with van der Waals surface area (Å²) in [6.45, 7) is 4.59. The average molecular weight is 429 g/mol. The lowest BCUT2D eigenvalue weighted by Gasteiger charge is -2.32. The highest BCUT2D eigenvalue weighted by molar-refractivity contribution is 7.08. The molecule has 1 aliphatic heterocycles. The van der Waals surface area contributed by atoms with Crippen LogP contribution in [-0.2, 0) is 20.0 Å². The molecule has 0 atom stereocenters. The van der Waals surface area contributed by atoms with Crippen LogP contribution in [0.5, 0.6) is 0 Å². The number of likely N-dealkylation sites (tertiary alicyclic amines) is 1. The molecule has 1 aliphatic rings. The van der Waals surface area contributed by atoms with E-state index in [0.717, 1.165) is 66.7 Å². The fourth-order valence-corrected chi connectivity index (χ4v) is 4.40. The van der Waals surface area contributed by atoms with Gasteiger partial charge < -0.3 is 5.32 Å². The Morgan fingerprint density at radius 2 is 2.00 bits per heavy atom. The molecule has 0 unspecified atom stereocenters. The zero-order valence-electron chi connectivity index (χ0n) is 17.1. The van der Waals surface area contributed by atoms with Crippen LogP contribution in [-0.4, -0.2) is 49.3 Å². The highest BCUT2D eigenvalue weighted by Gasteiger charge is 2.24. The summed E-state index contributed by atoms with van der Waals surface area (Å²) >= 11 is 1.16. The number of aromatic nitrogens is 4. The zero-order valence-corrected chi connectivity index (χ0v) is 18.0. The van der Waals surface area contributed by atoms with Crippen LogP contribution in [0, 0.1) is 5.82 Å². The standard InChI is InChI=1S/C21H25FN6OS/c1-3-18-20(30-26-24-18)21(29)23-16-8-10-28(11-9-16)13-17-12-19(25-27(17)2)14-4-6-15(22)7-5-14/h4-7,12,16H,3,8-11,13H2,1-2H3,(H,23,29). The smallest absolute Gasteiger partial charge is 0.265 e. The Hall–Kier alpha value is -2.65. The predicted molar refractivity (Wildman–Crippen MR) is 114 cm³/mol. The van der Waals surface area contributed by atoms with Gasteiger partial charge in [-0.1, -0.05) is 11.4 Å². The van der Waals surface area contributed by atoms with Crippen molar-refractivity contribution in [2.45, 2.75) is 38.8 Å². The first-order valence-corrected chi connectivity index (χ1v) is 10.9. The Bertz CT molecular complexity index is 1010. The molecule has 1 saturated heterocycles. The highest BCUT2D eigenvalue weighted by atomic mass is 32.1. The molecule has 1 amide bonds. The van der Waals surface area contributed by atoms with Crippen LogP contribution in [0.1, 0.15) is 40.8 Å². The normalized spacial score (nSPS) is 15.4. The Labute approximate surface area is 179 Å². The van der Waals surface area contributed by atoms with Gasteiger partial charge in [-0.15, -0.1) is 5.10 Å². The van der Waals surface area contributed by atoms with Crippen LogP contribution in [0.25, 0.3) is 11.3 Å². The first-order valence-electron chi connectivity index (χ1n) is 10.2. The van der Waals surface area contributed by atoms with Crippen LogP contribution in [0.2, 0.25) is 0 Å². The van der Waals surface area contributed by atoms with Crippen molar-refractivity contribution >= 4 is 17.4 Å². The minimum absolute atomic E-state index is 0.0594. The number of halogens is 1. The van der Waals surface area contributed by atoms with Crippen molar-refractivity contribution in [1.82, 2.24) is 29.6 Å². The Morgan fingerprint density at radius 3 is 2.70 bits per heavy atom. The van der Waals surface area contributed by atoms with E-state index in [0.29, 0.717) is 11.3 Å². The SMILES string of the molecule is CCc1nnsc1C(=O)NC1CCN(Cc2cc(-c3ccc(F)cc3)nn2C)CC1. The second-order valence-corrected chi connectivity index (χ2v) is 8.33. The second-order valence-electron chi connectivity index (χ2n) is 7.58. The summed E-state index contributed by atoms with van der Waals surface area (Å²) in [6, 6.07) is 8.63. The Balaban J connectivity index is 1.32. The maximum Gasteiger partial charge on any atom is 0.265 e. The van der Waals surface area contributed by atoms with Gasteiger partial charge in [-0.25, -0.2) is 4.39 Å².